The van der Waals surface area contributed by atoms with Gasteiger partial charge in [0.05, 0.1) is 6.61 Å². The molecule has 0 radical (unpaired) electrons. The van der Waals surface area contributed by atoms with Crippen LogP contribution in [0.5, 0.6) is 0 Å². The van der Waals surface area contributed by atoms with Gasteiger partial charge < -0.3 is 15.7 Å². The van der Waals surface area contributed by atoms with E-state index in [1.165, 1.54) is 0 Å². The summed E-state index contributed by atoms with van der Waals surface area (Å²) in [5, 5.41) is 14.3. The van der Waals surface area contributed by atoms with Crippen LogP contribution in [0.2, 0.25) is 0 Å². The highest BCUT2D eigenvalue weighted by Crippen LogP contribution is 2.11. The number of amides is 1. The number of hydrogen-bond donors (Lipinski definition) is 3. The number of rotatable bonds is 4. The maximum atomic E-state index is 11.1. The Labute approximate surface area is 72.3 Å². The molecule has 1 rings (SSSR count). The van der Waals surface area contributed by atoms with Crippen LogP contribution in [0.1, 0.15) is 12.8 Å². The maximum Gasteiger partial charge on any atom is 0.220 e. The summed E-state index contributed by atoms with van der Waals surface area (Å²) >= 11 is 0. The van der Waals surface area contributed by atoms with E-state index < -0.39 is 0 Å². The number of aliphatic hydroxyl groups is 1. The molecule has 0 bridgehead atoms. The first-order valence-corrected chi connectivity index (χ1v) is 4.41. The molecule has 1 atom stereocenters. The van der Waals surface area contributed by atoms with Crippen molar-refractivity contribution in [2.75, 3.05) is 26.2 Å². The Kier molecular flexibility index (Phi) is 4.04. The number of carbonyl (C=O) groups is 1. The Morgan fingerprint density at radius 1 is 1.67 bits per heavy atom. The van der Waals surface area contributed by atoms with Crippen LogP contribution in [-0.4, -0.2) is 37.3 Å². The molecule has 1 aliphatic rings. The minimum absolute atomic E-state index is 0.0225. The molecule has 12 heavy (non-hydrogen) atoms. The van der Waals surface area contributed by atoms with Gasteiger partial charge in [0.2, 0.25) is 5.91 Å². The quantitative estimate of drug-likeness (QED) is 0.515. The predicted molar refractivity (Wildman–Crippen MR) is 45.7 cm³/mol. The van der Waals surface area contributed by atoms with Gasteiger partial charge in [-0.05, 0) is 25.4 Å². The minimum Gasteiger partial charge on any atom is -0.395 e. The number of nitrogens with one attached hydrogen (secondary N) is 2. The van der Waals surface area contributed by atoms with Gasteiger partial charge in [-0.15, -0.1) is 0 Å². The van der Waals surface area contributed by atoms with E-state index in [9.17, 15) is 4.79 Å². The molecule has 70 valence electrons. The molecule has 1 fully saturated rings. The average molecular weight is 172 g/mol. The van der Waals surface area contributed by atoms with E-state index >= 15 is 0 Å². The molecule has 4 heteroatoms. The van der Waals surface area contributed by atoms with Gasteiger partial charge in [-0.1, -0.05) is 0 Å². The van der Waals surface area contributed by atoms with Crippen LogP contribution in [0, 0.1) is 5.92 Å². The first kappa shape index (κ1) is 9.48. The van der Waals surface area contributed by atoms with E-state index in [0.29, 0.717) is 18.9 Å². The summed E-state index contributed by atoms with van der Waals surface area (Å²) < 4.78 is 0. The molecule has 0 aromatic carbocycles. The Morgan fingerprint density at radius 3 is 3.08 bits per heavy atom. The SMILES string of the molecule is O=C(CC1CCNC1)NCCO. The zero-order valence-corrected chi connectivity index (χ0v) is 7.18. The number of carbonyl (C=O) groups excluding carboxylic acids is 1. The fourth-order valence-electron chi connectivity index (χ4n) is 1.42. The molecule has 4 nitrogen and oxygen atoms in total. The van der Waals surface area contributed by atoms with Crippen LogP contribution in [0.3, 0.4) is 0 Å². The van der Waals surface area contributed by atoms with Crippen molar-refractivity contribution in [3.8, 4) is 0 Å². The molecule has 0 saturated carbocycles. The first-order valence-electron chi connectivity index (χ1n) is 4.41. The van der Waals surface area contributed by atoms with Crippen LogP contribution in [0.4, 0.5) is 0 Å². The Hall–Kier alpha value is -0.610. The highest BCUT2D eigenvalue weighted by atomic mass is 16.3. The third kappa shape index (κ3) is 3.19. The third-order valence-electron chi connectivity index (χ3n) is 2.07. The normalized spacial score (nSPS) is 22.6. The van der Waals surface area contributed by atoms with E-state index in [1.807, 2.05) is 0 Å². The monoisotopic (exact) mass is 172 g/mol. The van der Waals surface area contributed by atoms with Crippen molar-refractivity contribution < 1.29 is 9.90 Å². The van der Waals surface area contributed by atoms with Gasteiger partial charge in [-0.2, -0.15) is 0 Å². The second-order valence-electron chi connectivity index (χ2n) is 3.14. The molecule has 0 aromatic heterocycles. The lowest BCUT2D eigenvalue weighted by Gasteiger charge is -2.07. The molecule has 0 spiro atoms. The summed E-state index contributed by atoms with van der Waals surface area (Å²) in [6.07, 6.45) is 1.68. The van der Waals surface area contributed by atoms with E-state index in [4.69, 9.17) is 5.11 Å². The molecular formula is C8H16N2O2. The molecular weight excluding hydrogens is 156 g/mol. The van der Waals surface area contributed by atoms with E-state index in [2.05, 4.69) is 10.6 Å². The van der Waals surface area contributed by atoms with E-state index in [-0.39, 0.29) is 12.5 Å². The smallest absolute Gasteiger partial charge is 0.220 e. The summed E-state index contributed by atoms with van der Waals surface area (Å²) in [5.74, 6) is 0.543. The second kappa shape index (κ2) is 5.11. The van der Waals surface area contributed by atoms with Crippen LogP contribution >= 0.6 is 0 Å². The molecule has 1 heterocycles. The van der Waals surface area contributed by atoms with Gasteiger partial charge in [0.25, 0.3) is 0 Å². The summed E-state index contributed by atoms with van der Waals surface area (Å²) in [7, 11) is 0. The van der Waals surface area contributed by atoms with Crippen LogP contribution in [-0.2, 0) is 4.79 Å². The second-order valence-corrected chi connectivity index (χ2v) is 3.14. The molecule has 1 amide bonds. The third-order valence-corrected chi connectivity index (χ3v) is 2.07. The van der Waals surface area contributed by atoms with Crippen molar-refractivity contribution in [2.45, 2.75) is 12.8 Å². The largest absolute Gasteiger partial charge is 0.395 e. The maximum absolute atomic E-state index is 11.1. The summed E-state index contributed by atoms with van der Waals surface area (Å²) in [6, 6.07) is 0. The molecule has 1 aliphatic heterocycles. The van der Waals surface area contributed by atoms with Crippen molar-refractivity contribution in [3.05, 3.63) is 0 Å². The first-order chi connectivity index (χ1) is 5.83. The van der Waals surface area contributed by atoms with Crippen molar-refractivity contribution in [1.82, 2.24) is 10.6 Å². The zero-order chi connectivity index (χ0) is 8.81. The lowest BCUT2D eigenvalue weighted by atomic mass is 10.0. The fourth-order valence-corrected chi connectivity index (χ4v) is 1.42. The molecule has 0 aliphatic carbocycles. The van der Waals surface area contributed by atoms with E-state index in [0.717, 1.165) is 19.5 Å². The summed E-state index contributed by atoms with van der Waals surface area (Å²) in [6.45, 7) is 2.37. The van der Waals surface area contributed by atoms with Gasteiger partial charge in [0.1, 0.15) is 0 Å². The topological polar surface area (TPSA) is 61.4 Å². The van der Waals surface area contributed by atoms with Crippen molar-refractivity contribution >= 4 is 5.91 Å². The Balaban J connectivity index is 2.08. The van der Waals surface area contributed by atoms with Crippen molar-refractivity contribution in [1.29, 1.82) is 0 Å². The predicted octanol–water partition coefficient (Wildman–Crippen LogP) is -0.905. The summed E-state index contributed by atoms with van der Waals surface area (Å²) in [4.78, 5) is 11.1. The molecule has 3 N–H and O–H groups in total. The van der Waals surface area contributed by atoms with Crippen molar-refractivity contribution in [2.24, 2.45) is 5.92 Å². The number of aliphatic hydroxyl groups excluding tert-OH is 1. The van der Waals surface area contributed by atoms with E-state index in [1.54, 1.807) is 0 Å². The Morgan fingerprint density at radius 2 is 2.50 bits per heavy atom. The lowest BCUT2D eigenvalue weighted by molar-refractivity contribution is -0.122. The summed E-state index contributed by atoms with van der Waals surface area (Å²) in [5.41, 5.74) is 0. The Bertz CT molecular complexity index is 144. The highest BCUT2D eigenvalue weighted by molar-refractivity contribution is 5.76. The standard InChI is InChI=1S/C8H16N2O2/c11-4-3-10-8(12)5-7-1-2-9-6-7/h7,9,11H,1-6H2,(H,10,12). The van der Waals surface area contributed by atoms with Gasteiger partial charge >= 0.3 is 0 Å². The van der Waals surface area contributed by atoms with Crippen LogP contribution in [0.25, 0.3) is 0 Å². The van der Waals surface area contributed by atoms with Gasteiger partial charge in [-0.3, -0.25) is 4.79 Å². The average Bonchev–Trinajstić information content (AvgIpc) is 2.53. The number of hydrogen-bond acceptors (Lipinski definition) is 3. The fraction of sp³-hybridized carbons (Fsp3) is 0.875. The zero-order valence-electron chi connectivity index (χ0n) is 7.18. The van der Waals surface area contributed by atoms with Gasteiger partial charge in [0, 0.05) is 13.0 Å². The van der Waals surface area contributed by atoms with Crippen LogP contribution in [0.15, 0.2) is 0 Å². The molecule has 1 saturated heterocycles. The molecule has 0 aromatic rings. The van der Waals surface area contributed by atoms with Crippen molar-refractivity contribution in [3.63, 3.8) is 0 Å². The minimum atomic E-state index is 0.0225. The highest BCUT2D eigenvalue weighted by Gasteiger charge is 2.17. The van der Waals surface area contributed by atoms with Gasteiger partial charge in [0.15, 0.2) is 0 Å². The molecule has 1 unspecified atom stereocenters. The lowest BCUT2D eigenvalue weighted by Crippen LogP contribution is -2.28. The van der Waals surface area contributed by atoms with Crippen LogP contribution < -0.4 is 10.6 Å². The van der Waals surface area contributed by atoms with Gasteiger partial charge in [-0.25, -0.2) is 0 Å².